The number of esters is 4. The van der Waals surface area contributed by atoms with Crippen molar-refractivity contribution in [2.75, 3.05) is 6.61 Å². The summed E-state index contributed by atoms with van der Waals surface area (Å²) in [5.74, 6) is -2.13. The fourth-order valence-electron chi connectivity index (χ4n) is 9.01. The Kier molecular flexibility index (Phi) is 21.8. The molecule has 0 spiro atoms. The maximum atomic E-state index is 14.0. The van der Waals surface area contributed by atoms with Crippen LogP contribution in [0, 0.1) is 19.8 Å². The Morgan fingerprint density at radius 1 is 0.514 bits per heavy atom. The van der Waals surface area contributed by atoms with Gasteiger partial charge in [-0.2, -0.15) is 0 Å². The number of aromatic nitrogens is 2. The van der Waals surface area contributed by atoms with Gasteiger partial charge in [0.15, 0.2) is 33.5 Å². The normalized spacial score (nSPS) is 12.0. The van der Waals surface area contributed by atoms with Crippen LogP contribution in [0.1, 0.15) is 173 Å². The lowest BCUT2D eigenvalue weighted by Gasteiger charge is -2.23. The zero-order valence-electron chi connectivity index (χ0n) is 42.7. The highest BCUT2D eigenvalue weighted by atomic mass is 16.6. The SMILES string of the molecule is CCCCCCCCCCCC(=O)OC[C@@H](CC(CC(=O)Oc1ccc2nc3ccc(=O)cc-3oc2c1C)CC(=O)Oc1ccc2nc3ccc(=O)cc-3oc2c1C)OC(=O)CCCCCCCCCCC. The predicted molar refractivity (Wildman–Crippen MR) is 276 cm³/mol. The number of nitrogens with zero attached hydrogens (tertiary/aromatic N) is 2. The number of ether oxygens (including phenoxy) is 4. The fourth-order valence-corrected chi connectivity index (χ4v) is 9.01. The van der Waals surface area contributed by atoms with Crippen molar-refractivity contribution < 1.29 is 47.0 Å². The van der Waals surface area contributed by atoms with E-state index in [9.17, 15) is 28.8 Å². The Morgan fingerprint density at radius 2 is 0.931 bits per heavy atom. The lowest BCUT2D eigenvalue weighted by atomic mass is 9.94. The fraction of sp³-hybridized carbons (Fsp3) is 0.517. The molecule has 2 aromatic rings. The molecule has 0 unspecified atom stereocenters. The van der Waals surface area contributed by atoms with E-state index in [1.807, 2.05) is 0 Å². The van der Waals surface area contributed by atoms with Gasteiger partial charge in [-0.25, -0.2) is 9.97 Å². The molecule has 0 fully saturated rings. The van der Waals surface area contributed by atoms with Crippen molar-refractivity contribution in [3.63, 3.8) is 0 Å². The molecule has 2 heterocycles. The molecular formula is C58H72N2O12. The minimum absolute atomic E-state index is 0.0298. The number of fused-ring (bicyclic) bond motifs is 4. The number of unbranched alkanes of at least 4 members (excludes halogenated alkanes) is 16. The van der Waals surface area contributed by atoms with E-state index < -0.39 is 35.9 Å². The summed E-state index contributed by atoms with van der Waals surface area (Å²) in [7, 11) is 0. The molecule has 386 valence electrons. The summed E-state index contributed by atoms with van der Waals surface area (Å²) in [5.41, 5.74) is 3.09. The quantitative estimate of drug-likeness (QED) is 0.0173. The predicted octanol–water partition coefficient (Wildman–Crippen LogP) is 13.1. The lowest BCUT2D eigenvalue weighted by Crippen LogP contribution is -2.30. The molecule has 0 aromatic heterocycles. The van der Waals surface area contributed by atoms with Gasteiger partial charge in [0.1, 0.15) is 46.6 Å². The number of benzene rings is 4. The van der Waals surface area contributed by atoms with Crippen LogP contribution in [0.4, 0.5) is 0 Å². The van der Waals surface area contributed by atoms with Gasteiger partial charge in [0, 0.05) is 48.9 Å². The molecule has 72 heavy (non-hydrogen) atoms. The molecule has 4 aliphatic rings. The number of carbonyl (C=O) groups excluding carboxylic acids is 4. The highest BCUT2D eigenvalue weighted by molar-refractivity contribution is 5.85. The Bertz CT molecular complexity index is 2630. The van der Waals surface area contributed by atoms with Gasteiger partial charge in [-0.15, -0.1) is 0 Å². The van der Waals surface area contributed by atoms with Crippen molar-refractivity contribution in [2.45, 2.75) is 181 Å². The van der Waals surface area contributed by atoms with Crippen molar-refractivity contribution in [1.29, 1.82) is 0 Å². The molecule has 0 bridgehead atoms. The molecule has 2 aromatic carbocycles. The molecule has 14 nitrogen and oxygen atoms in total. The van der Waals surface area contributed by atoms with Gasteiger partial charge in [-0.05, 0) is 87.6 Å². The molecule has 2 aliphatic carbocycles. The maximum absolute atomic E-state index is 14.0. The van der Waals surface area contributed by atoms with Crippen LogP contribution >= 0.6 is 0 Å². The first kappa shape index (κ1) is 54.9. The van der Waals surface area contributed by atoms with Crippen LogP contribution in [0.25, 0.3) is 45.1 Å². The van der Waals surface area contributed by atoms with Crippen molar-refractivity contribution in [1.82, 2.24) is 9.97 Å². The molecule has 14 heteroatoms. The highest BCUT2D eigenvalue weighted by Gasteiger charge is 2.29. The van der Waals surface area contributed by atoms with E-state index in [2.05, 4.69) is 23.8 Å². The van der Waals surface area contributed by atoms with Crippen LogP contribution in [-0.2, 0) is 28.7 Å². The largest absolute Gasteiger partial charge is 0.462 e. The summed E-state index contributed by atoms with van der Waals surface area (Å²) in [6.07, 6.45) is 18.4. The first-order chi connectivity index (χ1) is 34.9. The van der Waals surface area contributed by atoms with Crippen LogP contribution in [0.2, 0.25) is 0 Å². The van der Waals surface area contributed by atoms with Gasteiger partial charge in [-0.3, -0.25) is 28.8 Å². The summed E-state index contributed by atoms with van der Waals surface area (Å²) in [6, 6.07) is 15.1. The number of carbonyl (C=O) groups is 4. The Balaban J connectivity index is 1.18. The van der Waals surface area contributed by atoms with Crippen molar-refractivity contribution in [3.05, 3.63) is 92.2 Å². The van der Waals surface area contributed by atoms with Crippen LogP contribution in [0.15, 0.2) is 79.1 Å². The summed E-state index contributed by atoms with van der Waals surface area (Å²) in [6.45, 7) is 7.56. The molecule has 0 amide bonds. The van der Waals surface area contributed by atoms with Crippen LogP contribution in [-0.4, -0.2) is 46.6 Å². The number of aryl methyl sites for hydroxylation is 2. The second-order valence-electron chi connectivity index (χ2n) is 19.2. The molecule has 2 aliphatic heterocycles. The average Bonchev–Trinajstić information content (AvgIpc) is 3.35. The van der Waals surface area contributed by atoms with Crippen LogP contribution < -0.4 is 20.3 Å². The van der Waals surface area contributed by atoms with Gasteiger partial charge in [0.25, 0.3) is 0 Å². The second kappa shape index (κ2) is 28.6. The van der Waals surface area contributed by atoms with E-state index in [-0.39, 0.29) is 72.6 Å². The van der Waals surface area contributed by atoms with E-state index in [1.165, 1.54) is 88.5 Å². The number of hydrogen-bond donors (Lipinski definition) is 0. The Labute approximate surface area is 422 Å². The summed E-state index contributed by atoms with van der Waals surface area (Å²) < 4.78 is 35.7. The van der Waals surface area contributed by atoms with Gasteiger partial charge in [-0.1, -0.05) is 117 Å². The maximum Gasteiger partial charge on any atom is 0.311 e. The minimum atomic E-state index is -0.980. The molecule has 6 rings (SSSR count). The molecular weight excluding hydrogens is 917 g/mol. The van der Waals surface area contributed by atoms with E-state index >= 15 is 0 Å². The second-order valence-corrected chi connectivity index (χ2v) is 19.2. The molecule has 0 saturated carbocycles. The van der Waals surface area contributed by atoms with Crippen LogP contribution in [0.3, 0.4) is 0 Å². The smallest absolute Gasteiger partial charge is 0.311 e. The summed E-state index contributed by atoms with van der Waals surface area (Å²) >= 11 is 0. The summed E-state index contributed by atoms with van der Waals surface area (Å²) in [4.78, 5) is 87.9. The zero-order valence-corrected chi connectivity index (χ0v) is 42.7. The van der Waals surface area contributed by atoms with Crippen molar-refractivity contribution in [2.24, 2.45) is 5.92 Å². The van der Waals surface area contributed by atoms with E-state index in [0.717, 1.165) is 38.5 Å². The van der Waals surface area contributed by atoms with Crippen LogP contribution in [0.5, 0.6) is 11.5 Å². The standard InChI is InChI=1S/C58H72N2O12/c1-5-7-9-11-13-15-17-19-21-23-53(63)67-38-44(68-54(64)24-22-20-18-16-14-12-10-8-6-2)33-41(34-55(65)69-49-31-29-47-57(39(49)3)71-51-36-42(61)25-27-45(51)59-47)35-56(66)70-50-32-30-48-58(40(50)4)72-52-37-43(62)26-28-46(52)60-48/h25-32,36-37,41,44H,5-24,33-35,38H2,1-4H3/t44-/m1/s1. The van der Waals surface area contributed by atoms with Crippen molar-refractivity contribution >= 4 is 46.1 Å². The van der Waals surface area contributed by atoms with E-state index in [4.69, 9.17) is 27.8 Å². The summed E-state index contributed by atoms with van der Waals surface area (Å²) in [5, 5.41) is 0. The lowest BCUT2D eigenvalue weighted by molar-refractivity contribution is -0.160. The Morgan fingerprint density at radius 3 is 1.38 bits per heavy atom. The molecule has 0 radical (unpaired) electrons. The highest BCUT2D eigenvalue weighted by Crippen LogP contribution is 2.34. The van der Waals surface area contributed by atoms with E-state index in [0.29, 0.717) is 57.6 Å². The third-order valence-corrected chi connectivity index (χ3v) is 13.1. The molecule has 0 N–H and O–H groups in total. The first-order valence-electron chi connectivity index (χ1n) is 26.4. The monoisotopic (exact) mass is 989 g/mol. The van der Waals surface area contributed by atoms with Gasteiger partial charge in [0.05, 0.1) is 0 Å². The third kappa shape index (κ3) is 17.1. The topological polar surface area (TPSA) is 191 Å². The third-order valence-electron chi connectivity index (χ3n) is 13.1. The molecule has 1 atom stereocenters. The minimum Gasteiger partial charge on any atom is -0.462 e. The van der Waals surface area contributed by atoms with Gasteiger partial charge < -0.3 is 27.8 Å². The zero-order chi connectivity index (χ0) is 51.2. The number of hydrogen-bond acceptors (Lipinski definition) is 14. The van der Waals surface area contributed by atoms with Gasteiger partial charge >= 0.3 is 23.9 Å². The Hall–Kier alpha value is -6.44. The molecule has 0 saturated heterocycles. The first-order valence-corrected chi connectivity index (χ1v) is 26.4. The van der Waals surface area contributed by atoms with Crippen molar-refractivity contribution in [3.8, 4) is 34.4 Å². The van der Waals surface area contributed by atoms with E-state index in [1.54, 1.807) is 50.2 Å². The average molecular weight is 989 g/mol. The number of rotatable bonds is 31. The van der Waals surface area contributed by atoms with Gasteiger partial charge in [0.2, 0.25) is 0 Å².